The smallest absolute Gasteiger partial charge is 0.242 e. The Morgan fingerprint density at radius 1 is 1.42 bits per heavy atom. The largest absolute Gasteiger partial charge is 0.349 e. The summed E-state index contributed by atoms with van der Waals surface area (Å²) in [5, 5.41) is 3.05. The zero-order valence-electron chi connectivity index (χ0n) is 11.9. The van der Waals surface area contributed by atoms with Gasteiger partial charge in [-0.1, -0.05) is 6.92 Å². The molecule has 19 heavy (non-hydrogen) atoms. The van der Waals surface area contributed by atoms with Crippen molar-refractivity contribution >= 4 is 10.0 Å². The number of aryl methyl sites for hydroxylation is 1. The zero-order chi connectivity index (χ0) is 14.1. The summed E-state index contributed by atoms with van der Waals surface area (Å²) in [4.78, 5) is 0.365. The second-order valence-electron chi connectivity index (χ2n) is 5.62. The number of nitrogens with one attached hydrogen (secondary N) is 2. The number of hydrogen-bond donors (Lipinski definition) is 2. The predicted molar refractivity (Wildman–Crippen MR) is 75.4 cm³/mol. The van der Waals surface area contributed by atoms with Crippen molar-refractivity contribution in [2.75, 3.05) is 13.6 Å². The van der Waals surface area contributed by atoms with E-state index < -0.39 is 10.0 Å². The Balaban J connectivity index is 2.14. The molecular formula is C13H23N3O2S. The Bertz CT molecular complexity index is 544. The minimum Gasteiger partial charge on any atom is -0.349 e. The van der Waals surface area contributed by atoms with Crippen LogP contribution < -0.4 is 10.0 Å². The van der Waals surface area contributed by atoms with Crippen LogP contribution in [0.5, 0.6) is 0 Å². The maximum atomic E-state index is 12.2. The lowest BCUT2D eigenvalue weighted by Crippen LogP contribution is -2.28. The van der Waals surface area contributed by atoms with Gasteiger partial charge in [0.2, 0.25) is 10.0 Å². The van der Waals surface area contributed by atoms with E-state index in [1.54, 1.807) is 12.3 Å². The molecule has 0 atom stereocenters. The first kappa shape index (κ1) is 14.6. The third kappa shape index (κ3) is 3.38. The maximum absolute atomic E-state index is 12.2. The number of rotatable bonds is 7. The molecule has 1 aliphatic rings. The lowest BCUT2D eigenvalue weighted by atomic mass is 10.2. The van der Waals surface area contributed by atoms with Gasteiger partial charge in [-0.2, -0.15) is 0 Å². The van der Waals surface area contributed by atoms with Crippen molar-refractivity contribution in [2.24, 2.45) is 5.41 Å². The average Bonchev–Trinajstić information content (AvgIpc) is 2.95. The van der Waals surface area contributed by atoms with E-state index in [2.05, 4.69) is 17.0 Å². The third-order valence-corrected chi connectivity index (χ3v) is 5.13. The van der Waals surface area contributed by atoms with Gasteiger partial charge in [-0.3, -0.25) is 0 Å². The van der Waals surface area contributed by atoms with E-state index >= 15 is 0 Å². The summed E-state index contributed by atoms with van der Waals surface area (Å²) in [6.45, 7) is 6.09. The van der Waals surface area contributed by atoms with Crippen LogP contribution in [0.2, 0.25) is 0 Å². The highest BCUT2D eigenvalue weighted by Gasteiger charge is 2.38. The molecule has 1 fully saturated rings. The van der Waals surface area contributed by atoms with Crippen molar-refractivity contribution in [1.29, 1.82) is 0 Å². The number of sulfonamides is 1. The van der Waals surface area contributed by atoms with Crippen molar-refractivity contribution in [1.82, 2.24) is 14.6 Å². The van der Waals surface area contributed by atoms with Crippen LogP contribution in [0.15, 0.2) is 17.2 Å². The summed E-state index contributed by atoms with van der Waals surface area (Å²) in [6.07, 6.45) is 3.93. The van der Waals surface area contributed by atoms with Gasteiger partial charge in [0, 0.05) is 31.5 Å². The molecule has 0 unspecified atom stereocenters. The first-order valence-electron chi connectivity index (χ1n) is 6.73. The van der Waals surface area contributed by atoms with E-state index in [1.165, 1.54) is 0 Å². The molecule has 0 bridgehead atoms. The normalized spacial score (nSPS) is 17.6. The monoisotopic (exact) mass is 285 g/mol. The standard InChI is InChI=1S/C13H23N3O2S/c1-4-16-9-12(7-11(16)8-14-3)19(17,18)15-10-13(2)5-6-13/h7,9,14-15H,4-6,8,10H2,1-3H3. The van der Waals surface area contributed by atoms with Crippen LogP contribution >= 0.6 is 0 Å². The fourth-order valence-corrected chi connectivity index (χ4v) is 3.30. The summed E-state index contributed by atoms with van der Waals surface area (Å²) >= 11 is 0. The van der Waals surface area contributed by atoms with E-state index in [4.69, 9.17) is 0 Å². The highest BCUT2D eigenvalue weighted by atomic mass is 32.2. The van der Waals surface area contributed by atoms with Gasteiger partial charge in [-0.05, 0) is 38.3 Å². The molecule has 2 rings (SSSR count). The highest BCUT2D eigenvalue weighted by molar-refractivity contribution is 7.89. The summed E-state index contributed by atoms with van der Waals surface area (Å²) in [6, 6.07) is 1.75. The van der Waals surface area contributed by atoms with Crippen LogP contribution in [0.3, 0.4) is 0 Å². The summed E-state index contributed by atoms with van der Waals surface area (Å²) < 4.78 is 29.2. The van der Waals surface area contributed by atoms with Gasteiger partial charge in [0.05, 0.1) is 4.90 Å². The molecule has 1 aromatic heterocycles. The fourth-order valence-electron chi connectivity index (χ4n) is 2.04. The van der Waals surface area contributed by atoms with Gasteiger partial charge in [0.25, 0.3) is 0 Å². The van der Waals surface area contributed by atoms with Gasteiger partial charge in [-0.25, -0.2) is 13.1 Å². The first-order valence-corrected chi connectivity index (χ1v) is 8.22. The molecule has 1 saturated carbocycles. The molecule has 0 aromatic carbocycles. The second-order valence-corrected chi connectivity index (χ2v) is 7.39. The van der Waals surface area contributed by atoms with Gasteiger partial charge in [-0.15, -0.1) is 0 Å². The Labute approximate surface area is 115 Å². The van der Waals surface area contributed by atoms with E-state index in [9.17, 15) is 8.42 Å². The molecule has 2 N–H and O–H groups in total. The van der Waals surface area contributed by atoms with Crippen molar-refractivity contribution in [2.45, 2.75) is 44.7 Å². The third-order valence-electron chi connectivity index (χ3n) is 3.76. The van der Waals surface area contributed by atoms with Crippen LogP contribution in [0.25, 0.3) is 0 Å². The topological polar surface area (TPSA) is 63.1 Å². The maximum Gasteiger partial charge on any atom is 0.242 e. The van der Waals surface area contributed by atoms with E-state index in [0.29, 0.717) is 18.0 Å². The molecule has 0 saturated heterocycles. The van der Waals surface area contributed by atoms with Crippen molar-refractivity contribution in [3.05, 3.63) is 18.0 Å². The van der Waals surface area contributed by atoms with Gasteiger partial charge >= 0.3 is 0 Å². The Hall–Kier alpha value is -0.850. The molecule has 108 valence electrons. The minimum atomic E-state index is -3.38. The number of hydrogen-bond acceptors (Lipinski definition) is 3. The molecule has 1 aliphatic carbocycles. The van der Waals surface area contributed by atoms with Crippen molar-refractivity contribution in [3.8, 4) is 0 Å². The van der Waals surface area contributed by atoms with Crippen LogP contribution in [0, 0.1) is 5.41 Å². The summed E-state index contributed by atoms with van der Waals surface area (Å²) in [7, 11) is -1.53. The quantitative estimate of drug-likeness (QED) is 0.794. The van der Waals surface area contributed by atoms with Gasteiger partial charge in [0.1, 0.15) is 0 Å². The van der Waals surface area contributed by atoms with E-state index in [-0.39, 0.29) is 5.41 Å². The SMILES string of the molecule is CCn1cc(S(=O)(=O)NCC2(C)CC2)cc1CNC. The molecular weight excluding hydrogens is 262 g/mol. The van der Waals surface area contributed by atoms with Crippen molar-refractivity contribution in [3.63, 3.8) is 0 Å². The van der Waals surface area contributed by atoms with E-state index in [0.717, 1.165) is 25.1 Å². The minimum absolute atomic E-state index is 0.175. The Morgan fingerprint density at radius 2 is 2.11 bits per heavy atom. The molecule has 1 heterocycles. The molecule has 6 heteroatoms. The Morgan fingerprint density at radius 3 is 2.63 bits per heavy atom. The Kier molecular flexibility index (Phi) is 4.03. The van der Waals surface area contributed by atoms with Gasteiger partial charge < -0.3 is 9.88 Å². The van der Waals surface area contributed by atoms with Crippen LogP contribution in [0.4, 0.5) is 0 Å². The average molecular weight is 285 g/mol. The molecule has 0 radical (unpaired) electrons. The van der Waals surface area contributed by atoms with Crippen LogP contribution in [-0.2, 0) is 23.1 Å². The van der Waals surface area contributed by atoms with E-state index in [1.807, 2.05) is 18.5 Å². The fraction of sp³-hybridized carbons (Fsp3) is 0.692. The zero-order valence-corrected chi connectivity index (χ0v) is 12.7. The van der Waals surface area contributed by atoms with Gasteiger partial charge in [0.15, 0.2) is 0 Å². The lowest BCUT2D eigenvalue weighted by Gasteiger charge is -2.09. The number of aromatic nitrogens is 1. The highest BCUT2D eigenvalue weighted by Crippen LogP contribution is 2.44. The summed E-state index contributed by atoms with van der Waals surface area (Å²) in [5.74, 6) is 0. The molecule has 0 amide bonds. The summed E-state index contributed by atoms with van der Waals surface area (Å²) in [5.41, 5.74) is 1.16. The second kappa shape index (κ2) is 5.26. The first-order chi connectivity index (χ1) is 8.90. The number of nitrogens with zero attached hydrogens (tertiary/aromatic N) is 1. The molecule has 5 nitrogen and oxygen atoms in total. The van der Waals surface area contributed by atoms with Crippen LogP contribution in [0.1, 0.15) is 32.4 Å². The molecule has 1 aromatic rings. The van der Waals surface area contributed by atoms with Crippen LogP contribution in [-0.4, -0.2) is 26.6 Å². The molecule has 0 aliphatic heterocycles. The predicted octanol–water partition coefficient (Wildman–Crippen LogP) is 1.31. The molecule has 0 spiro atoms. The lowest BCUT2D eigenvalue weighted by molar-refractivity contribution is 0.530. The van der Waals surface area contributed by atoms with Crippen molar-refractivity contribution < 1.29 is 8.42 Å².